The lowest BCUT2D eigenvalue weighted by Gasteiger charge is -1.96. The van der Waals surface area contributed by atoms with Crippen LogP contribution < -0.4 is 11.1 Å². The number of nitrogens with two attached hydrogens (primary N) is 1. The average Bonchev–Trinajstić information content (AvgIpc) is 2.75. The molecule has 2 rings (SSSR count). The maximum absolute atomic E-state index is 11.8. The first-order valence-corrected chi connectivity index (χ1v) is 6.13. The van der Waals surface area contributed by atoms with Gasteiger partial charge in [0.2, 0.25) is 5.13 Å². The average molecular weight is 254 g/mol. The van der Waals surface area contributed by atoms with E-state index in [0.29, 0.717) is 21.5 Å². The number of amides is 1. The Balaban J connectivity index is 2.14. The monoisotopic (exact) mass is 254 g/mol. The van der Waals surface area contributed by atoms with Crippen LogP contribution in [-0.2, 0) is 0 Å². The van der Waals surface area contributed by atoms with Gasteiger partial charge in [0.05, 0.1) is 4.88 Å². The van der Waals surface area contributed by atoms with Gasteiger partial charge in [-0.25, -0.2) is 4.98 Å². The Labute approximate surface area is 100 Å². The molecule has 2 aromatic rings. The molecule has 0 aliphatic rings. The molecule has 7 heteroatoms. The molecule has 0 saturated heterocycles. The number of carbonyl (C=O) groups is 1. The van der Waals surface area contributed by atoms with Crippen LogP contribution in [0.25, 0.3) is 0 Å². The lowest BCUT2D eigenvalue weighted by Crippen LogP contribution is -2.09. The summed E-state index contributed by atoms with van der Waals surface area (Å²) < 4.78 is 3.98. The Morgan fingerprint density at radius 2 is 2.25 bits per heavy atom. The second-order valence-electron chi connectivity index (χ2n) is 3.22. The second-order valence-corrected chi connectivity index (χ2v) is 5.23. The fraction of sp³-hybridized carbons (Fsp3) is 0.222. The van der Waals surface area contributed by atoms with Crippen LogP contribution in [0, 0.1) is 13.8 Å². The number of rotatable bonds is 2. The maximum Gasteiger partial charge on any atom is 0.267 e. The van der Waals surface area contributed by atoms with Crippen molar-refractivity contribution in [2.24, 2.45) is 0 Å². The van der Waals surface area contributed by atoms with E-state index in [-0.39, 0.29) is 5.91 Å². The summed E-state index contributed by atoms with van der Waals surface area (Å²) in [5.41, 5.74) is 6.32. The summed E-state index contributed by atoms with van der Waals surface area (Å²) in [5, 5.41) is 3.19. The van der Waals surface area contributed by atoms with Crippen molar-refractivity contribution < 1.29 is 4.79 Å². The number of anilines is 2. The molecule has 5 nitrogen and oxygen atoms in total. The first kappa shape index (κ1) is 11.0. The van der Waals surface area contributed by atoms with Gasteiger partial charge in [-0.2, -0.15) is 4.37 Å². The van der Waals surface area contributed by atoms with Crippen molar-refractivity contribution in [2.75, 3.05) is 11.1 Å². The fourth-order valence-electron chi connectivity index (χ4n) is 1.11. The molecule has 0 spiro atoms. The Morgan fingerprint density at radius 3 is 2.75 bits per heavy atom. The summed E-state index contributed by atoms with van der Waals surface area (Å²) in [7, 11) is 0. The third-order valence-electron chi connectivity index (χ3n) is 1.93. The summed E-state index contributed by atoms with van der Waals surface area (Å²) >= 11 is 2.53. The summed E-state index contributed by atoms with van der Waals surface area (Å²) in [6.07, 6.45) is 0. The van der Waals surface area contributed by atoms with Crippen LogP contribution in [0.15, 0.2) is 6.07 Å². The highest BCUT2D eigenvalue weighted by Crippen LogP contribution is 2.24. The van der Waals surface area contributed by atoms with Crippen LogP contribution in [-0.4, -0.2) is 15.3 Å². The number of nitrogen functional groups attached to an aromatic ring is 1. The van der Waals surface area contributed by atoms with Crippen LogP contribution >= 0.6 is 22.9 Å². The van der Waals surface area contributed by atoms with E-state index in [4.69, 9.17) is 5.73 Å². The predicted molar refractivity (Wildman–Crippen MR) is 66.1 cm³/mol. The van der Waals surface area contributed by atoms with Crippen LogP contribution in [0.1, 0.15) is 20.4 Å². The minimum absolute atomic E-state index is 0.194. The minimum Gasteiger partial charge on any atom is -0.398 e. The Hall–Kier alpha value is -1.47. The quantitative estimate of drug-likeness (QED) is 0.859. The number of aromatic nitrogens is 2. The number of thiophene rings is 1. The van der Waals surface area contributed by atoms with Crippen molar-refractivity contribution in [1.29, 1.82) is 0 Å². The fourth-order valence-corrected chi connectivity index (χ4v) is 2.52. The third-order valence-corrected chi connectivity index (χ3v) is 3.71. The van der Waals surface area contributed by atoms with E-state index >= 15 is 0 Å². The van der Waals surface area contributed by atoms with E-state index in [1.165, 1.54) is 11.3 Å². The summed E-state index contributed by atoms with van der Waals surface area (Å²) in [4.78, 5) is 17.4. The molecule has 0 atom stereocenters. The number of carbonyl (C=O) groups excluding carboxylic acids is 1. The second kappa shape index (κ2) is 4.18. The molecule has 0 radical (unpaired) electrons. The standard InChI is InChI=1S/C9H10N4OS2/c1-4-6(10)3-7(15-4)8(14)12-9-11-5(2)13-16-9/h3H,10H2,1-2H3,(H,11,12,13,14). The van der Waals surface area contributed by atoms with Gasteiger partial charge in [0.1, 0.15) is 5.82 Å². The van der Waals surface area contributed by atoms with Crippen LogP contribution in [0.3, 0.4) is 0 Å². The van der Waals surface area contributed by atoms with E-state index < -0.39 is 0 Å². The SMILES string of the molecule is Cc1nsc(NC(=O)c2cc(N)c(C)s2)n1. The molecule has 16 heavy (non-hydrogen) atoms. The Bertz CT molecular complexity index is 512. The van der Waals surface area contributed by atoms with Crippen LogP contribution in [0.4, 0.5) is 10.8 Å². The van der Waals surface area contributed by atoms with Gasteiger partial charge < -0.3 is 5.73 Å². The normalized spacial score (nSPS) is 10.4. The Kier molecular flexibility index (Phi) is 2.88. The number of hydrogen-bond donors (Lipinski definition) is 2. The van der Waals surface area contributed by atoms with Gasteiger partial charge in [0.25, 0.3) is 5.91 Å². The zero-order valence-electron chi connectivity index (χ0n) is 8.77. The van der Waals surface area contributed by atoms with Gasteiger partial charge in [0.15, 0.2) is 0 Å². The summed E-state index contributed by atoms with van der Waals surface area (Å²) in [5.74, 6) is 0.461. The summed E-state index contributed by atoms with van der Waals surface area (Å²) in [6, 6.07) is 1.67. The molecule has 0 saturated carbocycles. The van der Waals surface area contributed by atoms with Crippen molar-refractivity contribution in [3.63, 3.8) is 0 Å². The zero-order valence-corrected chi connectivity index (χ0v) is 10.4. The highest BCUT2D eigenvalue weighted by Gasteiger charge is 2.12. The first-order valence-electron chi connectivity index (χ1n) is 4.54. The molecule has 0 bridgehead atoms. The Morgan fingerprint density at radius 1 is 1.50 bits per heavy atom. The molecule has 0 fully saturated rings. The predicted octanol–water partition coefficient (Wildman–Crippen LogP) is 2.05. The topological polar surface area (TPSA) is 80.9 Å². The van der Waals surface area contributed by atoms with Crippen molar-refractivity contribution in [3.05, 3.63) is 21.6 Å². The van der Waals surface area contributed by atoms with Crippen molar-refractivity contribution in [3.8, 4) is 0 Å². The summed E-state index contributed by atoms with van der Waals surface area (Å²) in [6.45, 7) is 3.66. The molecule has 3 N–H and O–H groups in total. The molecule has 2 aromatic heterocycles. The number of aryl methyl sites for hydroxylation is 2. The zero-order chi connectivity index (χ0) is 11.7. The molecular weight excluding hydrogens is 244 g/mol. The van der Waals surface area contributed by atoms with E-state index in [0.717, 1.165) is 16.4 Å². The molecule has 0 aromatic carbocycles. The largest absolute Gasteiger partial charge is 0.398 e. The van der Waals surface area contributed by atoms with E-state index in [9.17, 15) is 4.79 Å². The molecular formula is C9H10N4OS2. The van der Waals surface area contributed by atoms with Crippen molar-refractivity contribution >= 4 is 39.6 Å². The minimum atomic E-state index is -0.194. The van der Waals surface area contributed by atoms with E-state index in [2.05, 4.69) is 14.7 Å². The smallest absolute Gasteiger partial charge is 0.267 e. The van der Waals surface area contributed by atoms with Crippen molar-refractivity contribution in [2.45, 2.75) is 13.8 Å². The van der Waals surface area contributed by atoms with Crippen LogP contribution in [0.5, 0.6) is 0 Å². The maximum atomic E-state index is 11.8. The highest BCUT2D eigenvalue weighted by molar-refractivity contribution is 7.15. The first-order chi connectivity index (χ1) is 7.56. The van der Waals surface area contributed by atoms with Gasteiger partial charge in [-0.3, -0.25) is 10.1 Å². The molecule has 0 unspecified atom stereocenters. The lowest BCUT2D eigenvalue weighted by atomic mass is 10.4. The van der Waals surface area contributed by atoms with Gasteiger partial charge in [0, 0.05) is 22.1 Å². The van der Waals surface area contributed by atoms with Gasteiger partial charge >= 0.3 is 0 Å². The number of hydrogen-bond acceptors (Lipinski definition) is 6. The number of nitrogens with zero attached hydrogens (tertiary/aromatic N) is 2. The highest BCUT2D eigenvalue weighted by atomic mass is 32.1. The van der Waals surface area contributed by atoms with Gasteiger partial charge in [-0.15, -0.1) is 11.3 Å². The molecule has 0 aliphatic heterocycles. The third kappa shape index (κ3) is 2.20. The number of nitrogens with one attached hydrogen (secondary N) is 1. The van der Waals surface area contributed by atoms with Gasteiger partial charge in [-0.05, 0) is 19.9 Å². The molecule has 84 valence electrons. The van der Waals surface area contributed by atoms with Crippen molar-refractivity contribution in [1.82, 2.24) is 9.36 Å². The van der Waals surface area contributed by atoms with E-state index in [1.807, 2.05) is 6.92 Å². The lowest BCUT2D eigenvalue weighted by molar-refractivity contribution is 0.103. The van der Waals surface area contributed by atoms with Crippen LogP contribution in [0.2, 0.25) is 0 Å². The van der Waals surface area contributed by atoms with Gasteiger partial charge in [-0.1, -0.05) is 0 Å². The molecule has 1 amide bonds. The molecule has 2 heterocycles. The van der Waals surface area contributed by atoms with E-state index in [1.54, 1.807) is 13.0 Å². The molecule has 0 aliphatic carbocycles.